The maximum absolute atomic E-state index is 10.6. The Hall–Kier alpha value is -0.280. The molecule has 10 heavy (non-hydrogen) atoms. The minimum Gasteiger partial charge on any atom is -0.396 e. The molecule has 0 aromatic heterocycles. The van der Waals surface area contributed by atoms with Gasteiger partial charge in [0, 0.05) is 12.5 Å². The Bertz CT molecular complexity index is 114. The quantitative estimate of drug-likeness (QED) is 0.622. The molecule has 0 heterocycles. The second-order valence-electron chi connectivity index (χ2n) is 2.32. The van der Waals surface area contributed by atoms with Crippen LogP contribution in [0.5, 0.6) is 0 Å². The van der Waals surface area contributed by atoms with E-state index in [0.29, 0.717) is 6.04 Å². The number of aliphatic hydroxyl groups excluding tert-OH is 1. The Kier molecular flexibility index (Phi) is 4.40. The van der Waals surface area contributed by atoms with Gasteiger partial charge in [0.2, 0.25) is 5.91 Å². The maximum Gasteiger partial charge on any atom is 0.222 e. The van der Waals surface area contributed by atoms with Gasteiger partial charge in [-0.3, -0.25) is 4.79 Å². The van der Waals surface area contributed by atoms with E-state index in [1.165, 1.54) is 0 Å². The van der Waals surface area contributed by atoms with Crippen LogP contribution in [-0.4, -0.2) is 23.7 Å². The molecule has 0 spiro atoms. The highest BCUT2D eigenvalue weighted by atomic mass is 35.5. The van der Waals surface area contributed by atoms with Gasteiger partial charge in [0.05, 0.1) is 6.61 Å². The fraction of sp³-hybridized carbons (Fsp3) is 0.833. The standard InChI is InChI=1S/C6H11NO2.ClH/c8-4-3-6(9)7-5-1-2-5;/h5,8H,1-4H2,(H,7,9);1H. The number of hydrogen-bond donors (Lipinski definition) is 2. The van der Waals surface area contributed by atoms with Crippen LogP contribution in [0.1, 0.15) is 19.3 Å². The monoisotopic (exact) mass is 165 g/mol. The molecule has 0 unspecified atom stereocenters. The van der Waals surface area contributed by atoms with Crippen LogP contribution in [-0.2, 0) is 4.79 Å². The van der Waals surface area contributed by atoms with Crippen molar-refractivity contribution in [2.45, 2.75) is 25.3 Å². The molecular formula is C6H12ClNO2. The van der Waals surface area contributed by atoms with Gasteiger partial charge in [0.1, 0.15) is 0 Å². The second-order valence-corrected chi connectivity index (χ2v) is 2.32. The maximum atomic E-state index is 10.6. The van der Waals surface area contributed by atoms with Gasteiger partial charge in [-0.2, -0.15) is 0 Å². The number of carbonyl (C=O) groups is 1. The molecular weight excluding hydrogens is 154 g/mol. The van der Waals surface area contributed by atoms with Gasteiger partial charge in [-0.05, 0) is 12.8 Å². The third kappa shape index (κ3) is 3.69. The van der Waals surface area contributed by atoms with Crippen LogP contribution in [0.25, 0.3) is 0 Å². The molecule has 0 saturated heterocycles. The van der Waals surface area contributed by atoms with Crippen molar-refractivity contribution in [2.24, 2.45) is 0 Å². The van der Waals surface area contributed by atoms with Crippen LogP contribution in [0, 0.1) is 0 Å². The van der Waals surface area contributed by atoms with Crippen molar-refractivity contribution in [3.8, 4) is 0 Å². The molecule has 1 fully saturated rings. The first-order valence-corrected chi connectivity index (χ1v) is 3.23. The Balaban J connectivity index is 0.000000810. The van der Waals surface area contributed by atoms with Gasteiger partial charge >= 0.3 is 0 Å². The van der Waals surface area contributed by atoms with E-state index in [1.54, 1.807) is 0 Å². The summed E-state index contributed by atoms with van der Waals surface area (Å²) in [5, 5.41) is 11.1. The van der Waals surface area contributed by atoms with E-state index in [1.807, 2.05) is 0 Å². The number of carbonyl (C=O) groups excluding carboxylic acids is 1. The minimum absolute atomic E-state index is 0. The van der Waals surface area contributed by atoms with Crippen molar-refractivity contribution in [3.63, 3.8) is 0 Å². The molecule has 1 aliphatic rings. The number of amides is 1. The largest absolute Gasteiger partial charge is 0.396 e. The van der Waals surface area contributed by atoms with E-state index in [-0.39, 0.29) is 31.3 Å². The zero-order chi connectivity index (χ0) is 6.69. The molecule has 3 nitrogen and oxygen atoms in total. The van der Waals surface area contributed by atoms with Crippen LogP contribution < -0.4 is 5.32 Å². The summed E-state index contributed by atoms with van der Waals surface area (Å²) in [7, 11) is 0. The first-order chi connectivity index (χ1) is 4.33. The molecule has 1 aliphatic carbocycles. The molecule has 0 aliphatic heterocycles. The van der Waals surface area contributed by atoms with Crippen LogP contribution in [0.4, 0.5) is 0 Å². The molecule has 4 heteroatoms. The fourth-order valence-electron chi connectivity index (χ4n) is 0.629. The average Bonchev–Trinajstić information content (AvgIpc) is 2.50. The average molecular weight is 166 g/mol. The Morgan fingerprint density at radius 3 is 2.60 bits per heavy atom. The van der Waals surface area contributed by atoms with Gasteiger partial charge in [0.15, 0.2) is 0 Å². The van der Waals surface area contributed by atoms with Gasteiger partial charge in [-0.1, -0.05) is 0 Å². The predicted molar refractivity (Wildman–Crippen MR) is 40.1 cm³/mol. The summed E-state index contributed by atoms with van der Waals surface area (Å²) < 4.78 is 0. The van der Waals surface area contributed by atoms with E-state index in [2.05, 4.69) is 5.32 Å². The Morgan fingerprint density at radius 2 is 2.20 bits per heavy atom. The van der Waals surface area contributed by atoms with E-state index < -0.39 is 0 Å². The summed E-state index contributed by atoms with van der Waals surface area (Å²) in [6.45, 7) is -0.0431. The summed E-state index contributed by atoms with van der Waals surface area (Å²) in [5.41, 5.74) is 0. The molecule has 60 valence electrons. The third-order valence-corrected chi connectivity index (χ3v) is 1.28. The highest BCUT2D eigenvalue weighted by Crippen LogP contribution is 2.18. The van der Waals surface area contributed by atoms with Crippen LogP contribution in [0.15, 0.2) is 0 Å². The molecule has 0 bridgehead atoms. The zero-order valence-corrected chi connectivity index (χ0v) is 6.49. The fourth-order valence-corrected chi connectivity index (χ4v) is 0.629. The molecule has 1 amide bonds. The summed E-state index contributed by atoms with van der Waals surface area (Å²) in [4.78, 5) is 10.6. The number of nitrogens with one attached hydrogen (secondary N) is 1. The lowest BCUT2D eigenvalue weighted by molar-refractivity contribution is -0.121. The summed E-state index contributed by atoms with van der Waals surface area (Å²) in [5.74, 6) is -0.0278. The van der Waals surface area contributed by atoms with Gasteiger partial charge in [-0.25, -0.2) is 0 Å². The molecule has 2 N–H and O–H groups in total. The molecule has 1 saturated carbocycles. The Morgan fingerprint density at radius 1 is 1.60 bits per heavy atom. The Labute approximate surface area is 66.2 Å². The van der Waals surface area contributed by atoms with Crippen molar-refractivity contribution in [1.29, 1.82) is 0 Å². The van der Waals surface area contributed by atoms with Crippen molar-refractivity contribution < 1.29 is 9.90 Å². The predicted octanol–water partition coefficient (Wildman–Crippen LogP) is 0.0692. The third-order valence-electron chi connectivity index (χ3n) is 1.28. The minimum atomic E-state index is -0.0431. The normalized spacial score (nSPS) is 15.7. The highest BCUT2D eigenvalue weighted by Gasteiger charge is 2.22. The topological polar surface area (TPSA) is 49.3 Å². The smallest absolute Gasteiger partial charge is 0.222 e. The SMILES string of the molecule is Cl.O=C(CCO)NC1CC1. The zero-order valence-electron chi connectivity index (χ0n) is 5.67. The lowest BCUT2D eigenvalue weighted by atomic mass is 10.4. The van der Waals surface area contributed by atoms with Crippen LogP contribution in [0.2, 0.25) is 0 Å². The first-order valence-electron chi connectivity index (χ1n) is 3.23. The highest BCUT2D eigenvalue weighted by molar-refractivity contribution is 5.85. The molecule has 0 aromatic rings. The van der Waals surface area contributed by atoms with E-state index in [9.17, 15) is 4.79 Å². The number of rotatable bonds is 3. The second kappa shape index (κ2) is 4.52. The number of hydrogen-bond acceptors (Lipinski definition) is 2. The molecule has 0 radical (unpaired) electrons. The number of aliphatic hydroxyl groups is 1. The van der Waals surface area contributed by atoms with Gasteiger partial charge < -0.3 is 10.4 Å². The van der Waals surface area contributed by atoms with E-state index in [4.69, 9.17) is 5.11 Å². The lowest BCUT2D eigenvalue weighted by Gasteiger charge is -1.98. The van der Waals surface area contributed by atoms with Crippen molar-refractivity contribution >= 4 is 18.3 Å². The van der Waals surface area contributed by atoms with Crippen molar-refractivity contribution in [1.82, 2.24) is 5.32 Å². The summed E-state index contributed by atoms with van der Waals surface area (Å²) in [6, 6.07) is 0.420. The van der Waals surface area contributed by atoms with Crippen LogP contribution >= 0.6 is 12.4 Å². The molecule has 1 rings (SSSR count). The van der Waals surface area contributed by atoms with Gasteiger partial charge in [0.25, 0.3) is 0 Å². The molecule has 0 atom stereocenters. The van der Waals surface area contributed by atoms with Crippen molar-refractivity contribution in [2.75, 3.05) is 6.61 Å². The summed E-state index contributed by atoms with van der Waals surface area (Å²) >= 11 is 0. The van der Waals surface area contributed by atoms with E-state index in [0.717, 1.165) is 12.8 Å². The van der Waals surface area contributed by atoms with Crippen molar-refractivity contribution in [3.05, 3.63) is 0 Å². The van der Waals surface area contributed by atoms with E-state index >= 15 is 0 Å². The number of halogens is 1. The lowest BCUT2D eigenvalue weighted by Crippen LogP contribution is -2.25. The summed E-state index contributed by atoms with van der Waals surface area (Å²) in [6.07, 6.45) is 2.46. The first kappa shape index (κ1) is 9.72. The van der Waals surface area contributed by atoms with Crippen LogP contribution in [0.3, 0.4) is 0 Å². The van der Waals surface area contributed by atoms with Gasteiger partial charge in [-0.15, -0.1) is 12.4 Å². The molecule has 0 aromatic carbocycles.